The molecule has 1 unspecified atom stereocenters. The minimum atomic E-state index is -2.24. The van der Waals surface area contributed by atoms with Crippen LogP contribution in [-0.2, 0) is 4.43 Å². The van der Waals surface area contributed by atoms with Crippen LogP contribution in [0.15, 0.2) is 17.1 Å². The molecular weight excluding hydrogens is 352 g/mol. The molecule has 0 bridgehead atoms. The second-order valence-electron chi connectivity index (χ2n) is 9.17. The molecule has 0 spiro atoms. The van der Waals surface area contributed by atoms with E-state index < -0.39 is 13.9 Å². The zero-order valence-electron chi connectivity index (χ0n) is 18.1. The van der Waals surface area contributed by atoms with Crippen LogP contribution in [0, 0.1) is 13.8 Å². The van der Waals surface area contributed by atoms with Crippen molar-refractivity contribution < 1.29 is 9.22 Å². The molecule has 1 aromatic carbocycles. The lowest BCUT2D eigenvalue weighted by molar-refractivity contribution is 0.0622. The molecule has 27 heavy (non-hydrogen) atoms. The summed E-state index contributed by atoms with van der Waals surface area (Å²) < 4.78 is 7.11. The van der Waals surface area contributed by atoms with Crippen molar-refractivity contribution in [3.8, 4) is 0 Å². The third-order valence-corrected chi connectivity index (χ3v) is 12.8. The SMILES string of the molecule is Cc1cc2c(cc1C)C(=O)C1(O[Si](C(C)C)(C(C)C)C(C)C)CCNC1=N2. The molecule has 1 saturated heterocycles. The quantitative estimate of drug-likeness (QED) is 0.684. The van der Waals surface area contributed by atoms with Crippen molar-refractivity contribution in [1.82, 2.24) is 5.32 Å². The van der Waals surface area contributed by atoms with E-state index in [1.54, 1.807) is 0 Å². The predicted molar refractivity (Wildman–Crippen MR) is 115 cm³/mol. The number of carbonyl (C=O) groups excluding carboxylic acids is 1. The highest BCUT2D eigenvalue weighted by molar-refractivity contribution is 6.78. The van der Waals surface area contributed by atoms with Gasteiger partial charge in [0.15, 0.2) is 5.60 Å². The lowest BCUT2D eigenvalue weighted by Crippen LogP contribution is -2.60. The van der Waals surface area contributed by atoms with Crippen molar-refractivity contribution in [2.75, 3.05) is 6.54 Å². The second-order valence-corrected chi connectivity index (χ2v) is 14.5. The van der Waals surface area contributed by atoms with E-state index in [0.717, 1.165) is 29.2 Å². The highest BCUT2D eigenvalue weighted by Gasteiger charge is 2.58. The minimum absolute atomic E-state index is 0.0921. The molecule has 0 amide bonds. The van der Waals surface area contributed by atoms with Gasteiger partial charge in [0.1, 0.15) is 5.84 Å². The van der Waals surface area contributed by atoms with E-state index in [2.05, 4.69) is 60.7 Å². The summed E-state index contributed by atoms with van der Waals surface area (Å²) in [4.78, 5) is 18.7. The average Bonchev–Trinajstić information content (AvgIpc) is 2.98. The largest absolute Gasteiger partial charge is 0.397 e. The first kappa shape index (κ1) is 20.3. The Morgan fingerprint density at radius 2 is 1.59 bits per heavy atom. The van der Waals surface area contributed by atoms with Crippen LogP contribution in [0.1, 0.15) is 69.4 Å². The fourth-order valence-electron chi connectivity index (χ4n) is 5.18. The van der Waals surface area contributed by atoms with Crippen molar-refractivity contribution in [3.63, 3.8) is 0 Å². The first-order valence-electron chi connectivity index (χ1n) is 10.3. The summed E-state index contributed by atoms with van der Waals surface area (Å²) in [5, 5.41) is 3.37. The van der Waals surface area contributed by atoms with Gasteiger partial charge in [0, 0.05) is 18.5 Å². The maximum absolute atomic E-state index is 13.8. The molecule has 5 heteroatoms. The lowest BCUT2D eigenvalue weighted by atomic mass is 9.86. The third-order valence-electron chi connectivity index (χ3n) is 6.67. The predicted octanol–water partition coefficient (Wildman–Crippen LogP) is 5.45. The molecule has 0 saturated carbocycles. The Kier molecular flexibility index (Phi) is 5.15. The average molecular weight is 387 g/mol. The fourth-order valence-corrected chi connectivity index (χ4v) is 10.8. The van der Waals surface area contributed by atoms with Crippen molar-refractivity contribution >= 4 is 25.6 Å². The second kappa shape index (κ2) is 6.85. The van der Waals surface area contributed by atoms with Crippen molar-refractivity contribution in [1.29, 1.82) is 0 Å². The maximum atomic E-state index is 13.8. The van der Waals surface area contributed by atoms with Gasteiger partial charge in [0.05, 0.1) is 5.69 Å². The smallest absolute Gasteiger partial charge is 0.203 e. The monoisotopic (exact) mass is 386 g/mol. The fraction of sp³-hybridized carbons (Fsp3) is 0.636. The van der Waals surface area contributed by atoms with Crippen molar-refractivity contribution in [2.24, 2.45) is 4.99 Å². The van der Waals surface area contributed by atoms with Gasteiger partial charge in [-0.25, -0.2) is 4.99 Å². The Balaban J connectivity index is 2.16. The zero-order valence-corrected chi connectivity index (χ0v) is 19.1. The van der Waals surface area contributed by atoms with Crippen molar-refractivity contribution in [3.05, 3.63) is 28.8 Å². The van der Waals surface area contributed by atoms with E-state index in [1.165, 1.54) is 0 Å². The number of hydrogen-bond donors (Lipinski definition) is 1. The normalized spacial score (nSPS) is 22.2. The van der Waals surface area contributed by atoms with Crippen LogP contribution in [0.4, 0.5) is 5.69 Å². The Bertz CT molecular complexity index is 776. The molecule has 0 radical (unpaired) electrons. The number of ketones is 1. The highest BCUT2D eigenvalue weighted by Crippen LogP contribution is 2.48. The Labute approximate surface area is 164 Å². The molecule has 1 fully saturated rings. The van der Waals surface area contributed by atoms with Gasteiger partial charge in [-0.2, -0.15) is 0 Å². The van der Waals surface area contributed by atoms with Crippen LogP contribution in [0.5, 0.6) is 0 Å². The van der Waals surface area contributed by atoms with Crippen LogP contribution >= 0.6 is 0 Å². The van der Waals surface area contributed by atoms with Gasteiger partial charge >= 0.3 is 0 Å². The Morgan fingerprint density at radius 3 is 2.15 bits per heavy atom. The number of nitrogens with one attached hydrogen (secondary N) is 1. The van der Waals surface area contributed by atoms with Gasteiger partial charge in [0.25, 0.3) is 0 Å². The number of Topliss-reactive ketones (excluding diaryl/α,β-unsaturated/α-hetero) is 1. The van der Waals surface area contributed by atoms with Crippen LogP contribution in [-0.4, -0.2) is 32.1 Å². The Morgan fingerprint density at radius 1 is 1.04 bits per heavy atom. The number of nitrogens with zero attached hydrogens (tertiary/aromatic N) is 1. The topological polar surface area (TPSA) is 50.7 Å². The van der Waals surface area contributed by atoms with Crippen LogP contribution < -0.4 is 5.32 Å². The van der Waals surface area contributed by atoms with Gasteiger partial charge in [-0.15, -0.1) is 0 Å². The highest BCUT2D eigenvalue weighted by atomic mass is 28.4. The molecule has 1 aromatic rings. The molecule has 2 aliphatic rings. The summed E-state index contributed by atoms with van der Waals surface area (Å²) in [6.07, 6.45) is 0.665. The van der Waals surface area contributed by atoms with E-state index in [4.69, 9.17) is 9.42 Å². The van der Waals surface area contributed by atoms with Crippen LogP contribution in [0.25, 0.3) is 0 Å². The zero-order chi connectivity index (χ0) is 20.1. The summed E-state index contributed by atoms with van der Waals surface area (Å²) in [6.45, 7) is 18.4. The number of carbonyl (C=O) groups is 1. The number of benzene rings is 1. The van der Waals surface area contributed by atoms with Gasteiger partial charge in [-0.3, -0.25) is 4.79 Å². The molecule has 0 aromatic heterocycles. The van der Waals surface area contributed by atoms with Crippen molar-refractivity contribution in [2.45, 2.75) is 84.0 Å². The van der Waals surface area contributed by atoms with Gasteiger partial charge < -0.3 is 9.74 Å². The summed E-state index contributed by atoms with van der Waals surface area (Å²) >= 11 is 0. The summed E-state index contributed by atoms with van der Waals surface area (Å²) in [6, 6.07) is 4.03. The molecule has 1 atom stereocenters. The standard InChI is InChI=1S/C22H34N2O2Si/c1-13(2)27(14(3)4,15(5)6)26-22-9-10-23-21(22)24-19-12-17(8)16(7)11-18(19)20(22)25/h11-15H,9-10H2,1-8H3,(H,23,24). The minimum Gasteiger partial charge on any atom is -0.397 e. The number of aliphatic imine (C=N–C) groups is 1. The summed E-state index contributed by atoms with van der Waals surface area (Å²) in [5.41, 5.74) is 4.10. The van der Waals surface area contributed by atoms with E-state index in [-0.39, 0.29) is 5.78 Å². The van der Waals surface area contributed by atoms with Gasteiger partial charge in [0.2, 0.25) is 14.1 Å². The maximum Gasteiger partial charge on any atom is 0.203 e. The molecular formula is C22H34N2O2Si. The summed E-state index contributed by atoms with van der Waals surface area (Å²) in [5.74, 6) is 0.816. The number of fused-ring (bicyclic) bond motifs is 2. The van der Waals surface area contributed by atoms with E-state index in [1.807, 2.05) is 12.1 Å². The molecule has 4 nitrogen and oxygen atoms in total. The van der Waals surface area contributed by atoms with E-state index >= 15 is 0 Å². The molecule has 0 aliphatic carbocycles. The number of aryl methyl sites for hydroxylation is 2. The molecule has 1 N–H and O–H groups in total. The number of amidine groups is 1. The molecule has 2 aliphatic heterocycles. The molecule has 3 rings (SSSR count). The van der Waals surface area contributed by atoms with Gasteiger partial charge in [-0.1, -0.05) is 41.5 Å². The first-order chi connectivity index (χ1) is 12.6. The number of rotatable bonds is 5. The number of hydrogen-bond acceptors (Lipinski definition) is 4. The Hall–Kier alpha value is -1.46. The summed E-state index contributed by atoms with van der Waals surface area (Å²) in [7, 11) is -2.24. The lowest BCUT2D eigenvalue weighted by Gasteiger charge is -2.48. The first-order valence-corrected chi connectivity index (χ1v) is 12.4. The third kappa shape index (κ3) is 2.90. The van der Waals surface area contributed by atoms with E-state index in [0.29, 0.717) is 28.6 Å². The van der Waals surface area contributed by atoms with E-state index in [9.17, 15) is 4.79 Å². The molecule has 148 valence electrons. The van der Waals surface area contributed by atoms with Gasteiger partial charge in [-0.05, 0) is 53.7 Å². The van der Waals surface area contributed by atoms with Crippen LogP contribution in [0.3, 0.4) is 0 Å². The van der Waals surface area contributed by atoms with Crippen LogP contribution in [0.2, 0.25) is 16.6 Å². The molecule has 2 heterocycles.